The molecular weight excluding hydrogens is 242 g/mol. The number of aryl methyl sites for hydroxylation is 1. The Labute approximate surface area is 105 Å². The Hall–Kier alpha value is -1.07. The van der Waals surface area contributed by atoms with Gasteiger partial charge in [0.25, 0.3) is 0 Å². The molecule has 0 radical (unpaired) electrons. The Balaban J connectivity index is 2.41. The number of rotatable bonds is 3. The summed E-state index contributed by atoms with van der Waals surface area (Å²) in [5, 5.41) is 9.70. The van der Waals surface area contributed by atoms with Crippen molar-refractivity contribution in [3.05, 3.63) is 16.7 Å². The van der Waals surface area contributed by atoms with Crippen LogP contribution in [0.15, 0.2) is 0 Å². The molecule has 0 saturated carbocycles. The number of aromatic nitrogens is 2. The Morgan fingerprint density at radius 2 is 2.06 bits per heavy atom. The monoisotopic (exact) mass is 257 g/mol. The third-order valence-electron chi connectivity index (χ3n) is 3.32. The molecule has 1 aliphatic rings. The molecule has 0 spiro atoms. The van der Waals surface area contributed by atoms with Crippen LogP contribution in [0.5, 0.6) is 0 Å². The van der Waals surface area contributed by atoms with Gasteiger partial charge in [-0.05, 0) is 32.9 Å². The van der Waals surface area contributed by atoms with Gasteiger partial charge in [0.2, 0.25) is 0 Å². The molecule has 1 aromatic heterocycles. The molecule has 0 aliphatic carbocycles. The number of likely N-dealkylation sites (tertiary alicyclic amines) is 1. The summed E-state index contributed by atoms with van der Waals surface area (Å²) in [6.45, 7) is 3.42. The molecule has 2 heterocycles. The second kappa shape index (κ2) is 4.66. The van der Waals surface area contributed by atoms with Gasteiger partial charge < -0.3 is 9.67 Å². The van der Waals surface area contributed by atoms with Gasteiger partial charge in [0.1, 0.15) is 5.82 Å². The molecule has 0 aromatic carbocycles. The van der Waals surface area contributed by atoms with Gasteiger partial charge >= 0.3 is 5.97 Å². The maximum atomic E-state index is 11.5. The summed E-state index contributed by atoms with van der Waals surface area (Å²) in [5.41, 5.74) is 0.582. The van der Waals surface area contributed by atoms with E-state index in [0.29, 0.717) is 10.8 Å². The van der Waals surface area contributed by atoms with E-state index in [-0.39, 0.29) is 0 Å². The number of hydrogen-bond donors (Lipinski definition) is 1. The van der Waals surface area contributed by atoms with Crippen molar-refractivity contribution < 1.29 is 9.90 Å². The van der Waals surface area contributed by atoms with Crippen LogP contribution in [0.1, 0.15) is 30.4 Å². The number of carbonyl (C=O) groups is 1. The zero-order valence-electron chi connectivity index (χ0n) is 9.98. The highest BCUT2D eigenvalue weighted by molar-refractivity contribution is 6.30. The summed E-state index contributed by atoms with van der Waals surface area (Å²) in [7, 11) is 1.80. The quantitative estimate of drug-likeness (QED) is 0.894. The van der Waals surface area contributed by atoms with Gasteiger partial charge in [-0.1, -0.05) is 11.6 Å². The summed E-state index contributed by atoms with van der Waals surface area (Å²) < 4.78 is 1.76. The second-order valence-corrected chi connectivity index (χ2v) is 4.74. The van der Waals surface area contributed by atoms with Crippen LogP contribution in [0.3, 0.4) is 0 Å². The van der Waals surface area contributed by atoms with E-state index in [0.717, 1.165) is 31.8 Å². The van der Waals surface area contributed by atoms with Crippen LogP contribution < -0.4 is 0 Å². The van der Waals surface area contributed by atoms with Crippen molar-refractivity contribution in [1.82, 2.24) is 14.5 Å². The third-order valence-corrected chi connectivity index (χ3v) is 3.59. The molecule has 2 rings (SSSR count). The summed E-state index contributed by atoms with van der Waals surface area (Å²) in [5.74, 6) is -0.132. The molecule has 5 nitrogen and oxygen atoms in total. The lowest BCUT2D eigenvalue weighted by molar-refractivity contribution is -0.143. The maximum Gasteiger partial charge on any atom is 0.327 e. The third kappa shape index (κ3) is 2.17. The number of nitrogens with zero attached hydrogens (tertiary/aromatic N) is 3. The summed E-state index contributed by atoms with van der Waals surface area (Å²) in [6.07, 6.45) is 2.08. The average molecular weight is 258 g/mol. The van der Waals surface area contributed by atoms with Crippen molar-refractivity contribution in [3.8, 4) is 0 Å². The van der Waals surface area contributed by atoms with Crippen LogP contribution in [0, 0.1) is 6.92 Å². The van der Waals surface area contributed by atoms with E-state index in [1.54, 1.807) is 11.6 Å². The first-order chi connectivity index (χ1) is 8.02. The fourth-order valence-electron chi connectivity index (χ4n) is 2.33. The van der Waals surface area contributed by atoms with E-state index >= 15 is 0 Å². The molecule has 1 aliphatic heterocycles. The average Bonchev–Trinajstić information content (AvgIpc) is 2.83. The number of halogens is 1. The van der Waals surface area contributed by atoms with E-state index in [1.165, 1.54) is 0 Å². The van der Waals surface area contributed by atoms with Crippen LogP contribution >= 0.6 is 11.6 Å². The van der Waals surface area contributed by atoms with E-state index in [9.17, 15) is 9.90 Å². The van der Waals surface area contributed by atoms with Crippen LogP contribution in [-0.4, -0.2) is 38.6 Å². The highest BCUT2D eigenvalue weighted by atomic mass is 35.5. The summed E-state index contributed by atoms with van der Waals surface area (Å²) in [4.78, 5) is 17.5. The number of carboxylic acids is 1. The van der Waals surface area contributed by atoms with Gasteiger partial charge in [-0.3, -0.25) is 9.69 Å². The lowest BCUT2D eigenvalue weighted by Gasteiger charge is -2.24. The molecule has 1 unspecified atom stereocenters. The van der Waals surface area contributed by atoms with Gasteiger partial charge in [0.05, 0.1) is 5.69 Å². The largest absolute Gasteiger partial charge is 0.480 e. The Kier molecular flexibility index (Phi) is 3.40. The summed E-state index contributed by atoms with van der Waals surface area (Å²) >= 11 is 6.05. The minimum Gasteiger partial charge on any atom is -0.480 e. The number of hydrogen-bond acceptors (Lipinski definition) is 3. The first-order valence-electron chi connectivity index (χ1n) is 5.68. The number of imidazole rings is 1. The lowest BCUT2D eigenvalue weighted by Crippen LogP contribution is -2.33. The zero-order chi connectivity index (χ0) is 12.6. The number of carboxylic acid groups (broad SMARTS) is 1. The standard InChI is InChI=1S/C11H16ClN3O2/c1-7-13-10(12)8(14(7)2)9(11(16)17)15-5-3-4-6-15/h9H,3-6H2,1-2H3,(H,16,17). The molecule has 6 heteroatoms. The highest BCUT2D eigenvalue weighted by Crippen LogP contribution is 2.30. The molecule has 1 N–H and O–H groups in total. The predicted molar refractivity (Wildman–Crippen MR) is 64.1 cm³/mol. The molecule has 1 aromatic rings. The SMILES string of the molecule is Cc1nc(Cl)c(C(C(=O)O)N2CCCC2)n1C. The van der Waals surface area contributed by atoms with Crippen molar-refractivity contribution in [3.63, 3.8) is 0 Å². The predicted octanol–water partition coefficient (Wildman–Crippen LogP) is 1.60. The van der Waals surface area contributed by atoms with Crippen molar-refractivity contribution in [1.29, 1.82) is 0 Å². The Bertz CT molecular complexity index is 438. The van der Waals surface area contributed by atoms with Gasteiger partial charge in [-0.2, -0.15) is 0 Å². The fraction of sp³-hybridized carbons (Fsp3) is 0.636. The maximum absolute atomic E-state index is 11.5. The van der Waals surface area contributed by atoms with Crippen LogP contribution in [-0.2, 0) is 11.8 Å². The molecular formula is C11H16ClN3O2. The molecule has 94 valence electrons. The molecule has 17 heavy (non-hydrogen) atoms. The molecule has 1 atom stereocenters. The summed E-state index contributed by atoms with van der Waals surface area (Å²) in [6, 6.07) is -0.684. The van der Waals surface area contributed by atoms with E-state index in [2.05, 4.69) is 4.98 Å². The Morgan fingerprint density at radius 1 is 1.47 bits per heavy atom. The van der Waals surface area contributed by atoms with Crippen molar-refractivity contribution in [2.24, 2.45) is 7.05 Å². The van der Waals surface area contributed by atoms with Gasteiger partial charge in [0, 0.05) is 7.05 Å². The first-order valence-corrected chi connectivity index (χ1v) is 6.05. The minimum atomic E-state index is -0.864. The van der Waals surface area contributed by atoms with Crippen molar-refractivity contribution >= 4 is 17.6 Å². The van der Waals surface area contributed by atoms with E-state index in [1.807, 2.05) is 11.8 Å². The van der Waals surface area contributed by atoms with Crippen molar-refractivity contribution in [2.45, 2.75) is 25.8 Å². The van der Waals surface area contributed by atoms with E-state index in [4.69, 9.17) is 11.6 Å². The second-order valence-electron chi connectivity index (χ2n) is 4.38. The van der Waals surface area contributed by atoms with Crippen LogP contribution in [0.2, 0.25) is 5.15 Å². The molecule has 0 bridgehead atoms. The smallest absolute Gasteiger partial charge is 0.327 e. The van der Waals surface area contributed by atoms with E-state index < -0.39 is 12.0 Å². The normalized spacial score (nSPS) is 18.5. The van der Waals surface area contributed by atoms with Gasteiger partial charge in [-0.25, -0.2) is 4.98 Å². The van der Waals surface area contributed by atoms with Gasteiger partial charge in [-0.15, -0.1) is 0 Å². The zero-order valence-corrected chi connectivity index (χ0v) is 10.7. The minimum absolute atomic E-state index is 0.296. The van der Waals surface area contributed by atoms with Crippen molar-refractivity contribution in [2.75, 3.05) is 13.1 Å². The van der Waals surface area contributed by atoms with Crippen LogP contribution in [0.25, 0.3) is 0 Å². The lowest BCUT2D eigenvalue weighted by atomic mass is 10.2. The Morgan fingerprint density at radius 3 is 2.47 bits per heavy atom. The number of aliphatic carboxylic acids is 1. The fourth-order valence-corrected chi connectivity index (χ4v) is 2.68. The molecule has 1 fully saturated rings. The molecule has 0 amide bonds. The van der Waals surface area contributed by atoms with Crippen LogP contribution in [0.4, 0.5) is 0 Å². The topological polar surface area (TPSA) is 58.4 Å². The first kappa shape index (κ1) is 12.4. The highest BCUT2D eigenvalue weighted by Gasteiger charge is 2.34. The van der Waals surface area contributed by atoms with Gasteiger partial charge in [0.15, 0.2) is 11.2 Å². The molecule has 1 saturated heterocycles.